The van der Waals surface area contributed by atoms with Crippen LogP contribution in [0.5, 0.6) is 0 Å². The van der Waals surface area contributed by atoms with Crippen molar-refractivity contribution >= 4 is 11.7 Å². The minimum absolute atomic E-state index is 0.196. The highest BCUT2D eigenvalue weighted by atomic mass is 16.3. The molecule has 0 radical (unpaired) electrons. The molecule has 182 valence electrons. The second-order valence-electron chi connectivity index (χ2n) is 12.4. The maximum absolute atomic E-state index is 12.4. The Bertz CT molecular complexity index is 1050. The van der Waals surface area contributed by atoms with E-state index in [9.17, 15) is 14.7 Å². The van der Waals surface area contributed by atoms with Crippen molar-refractivity contribution in [2.24, 2.45) is 46.2 Å². The molecular weight excluding hydrogens is 422 g/mol. The maximum Gasteiger partial charge on any atom is 0.248 e. The number of Topliss-reactive ketones (excluding diaryl/α,β-unsaturated/α-hetero) is 1. The monoisotopic (exact) mass is 461 g/mol. The van der Waals surface area contributed by atoms with Crippen molar-refractivity contribution in [3.05, 3.63) is 35.4 Å². The topological polar surface area (TPSA) is 80.4 Å². The zero-order valence-corrected chi connectivity index (χ0v) is 20.9. The number of hydrogen-bond donors (Lipinski definition) is 2. The average Bonchev–Trinajstić information content (AvgIpc) is 3.16. The van der Waals surface area contributed by atoms with Crippen LogP contribution in [0.1, 0.15) is 94.5 Å². The molecule has 5 rings (SSSR count). The number of amides is 1. The van der Waals surface area contributed by atoms with Gasteiger partial charge in [-0.05, 0) is 123 Å². The van der Waals surface area contributed by atoms with Gasteiger partial charge in [-0.15, -0.1) is 0 Å². The highest BCUT2D eigenvalue weighted by molar-refractivity contribution is 5.92. The van der Waals surface area contributed by atoms with Crippen molar-refractivity contribution in [3.8, 4) is 11.8 Å². The molecule has 1 aromatic rings. The summed E-state index contributed by atoms with van der Waals surface area (Å²) in [7, 11) is 0. The van der Waals surface area contributed by atoms with E-state index in [4.69, 9.17) is 5.73 Å². The van der Waals surface area contributed by atoms with E-state index in [-0.39, 0.29) is 16.7 Å². The highest BCUT2D eigenvalue weighted by Gasteiger charge is 2.61. The second-order valence-corrected chi connectivity index (χ2v) is 12.4. The fraction of sp³-hybridized carbons (Fsp3) is 0.667. The number of nitrogens with two attached hydrogens (primary N) is 1. The van der Waals surface area contributed by atoms with Gasteiger partial charge in [0.2, 0.25) is 5.91 Å². The van der Waals surface area contributed by atoms with Crippen LogP contribution in [0.4, 0.5) is 0 Å². The van der Waals surface area contributed by atoms with Crippen molar-refractivity contribution in [3.63, 3.8) is 0 Å². The summed E-state index contributed by atoms with van der Waals surface area (Å²) in [5, 5.41) is 11.4. The van der Waals surface area contributed by atoms with E-state index in [1.807, 2.05) is 0 Å². The first-order valence-electron chi connectivity index (χ1n) is 13.2. The van der Waals surface area contributed by atoms with Crippen LogP contribution in [0, 0.1) is 52.3 Å². The summed E-state index contributed by atoms with van der Waals surface area (Å²) in [5.41, 5.74) is 6.09. The summed E-state index contributed by atoms with van der Waals surface area (Å²) in [6.07, 6.45) is 9.57. The predicted molar refractivity (Wildman–Crippen MR) is 133 cm³/mol. The van der Waals surface area contributed by atoms with Crippen molar-refractivity contribution in [1.82, 2.24) is 0 Å². The Morgan fingerprint density at radius 3 is 2.32 bits per heavy atom. The number of benzene rings is 1. The summed E-state index contributed by atoms with van der Waals surface area (Å²) in [4.78, 5) is 23.7. The molecule has 4 fully saturated rings. The third kappa shape index (κ3) is 3.72. The van der Waals surface area contributed by atoms with Gasteiger partial charge < -0.3 is 10.8 Å². The molecule has 3 N–H and O–H groups in total. The number of primary amides is 1. The van der Waals surface area contributed by atoms with Crippen LogP contribution in [-0.2, 0) is 4.79 Å². The van der Waals surface area contributed by atoms with E-state index >= 15 is 0 Å². The number of ketones is 1. The molecule has 4 heteroatoms. The van der Waals surface area contributed by atoms with Gasteiger partial charge in [0.25, 0.3) is 0 Å². The van der Waals surface area contributed by atoms with Gasteiger partial charge in [0.1, 0.15) is 11.4 Å². The molecule has 34 heavy (non-hydrogen) atoms. The van der Waals surface area contributed by atoms with Crippen LogP contribution in [0.2, 0.25) is 0 Å². The molecule has 4 nitrogen and oxygen atoms in total. The third-order valence-corrected chi connectivity index (χ3v) is 10.8. The van der Waals surface area contributed by atoms with Crippen LogP contribution in [-0.4, -0.2) is 22.4 Å². The van der Waals surface area contributed by atoms with E-state index in [0.29, 0.717) is 35.5 Å². The lowest BCUT2D eigenvalue weighted by molar-refractivity contribution is -0.144. The van der Waals surface area contributed by atoms with E-state index < -0.39 is 11.5 Å². The SMILES string of the molecule is CC(=O)[C@H]1CCC2C3CC[C@@H]4C[C@@](O)(C#Cc5ccc(C(N)=O)cc5)CC[C@]4(C)C3CC[C@@]21C. The predicted octanol–water partition coefficient (Wildman–Crippen LogP) is 5.12. The Kier molecular flexibility index (Phi) is 5.72. The minimum atomic E-state index is -0.949. The summed E-state index contributed by atoms with van der Waals surface area (Å²) in [6, 6.07) is 6.96. The molecule has 1 aromatic carbocycles. The number of carbonyl (C=O) groups excluding carboxylic acids is 2. The van der Waals surface area contributed by atoms with Gasteiger partial charge in [0.05, 0.1) is 0 Å². The van der Waals surface area contributed by atoms with E-state index in [0.717, 1.165) is 37.2 Å². The first-order chi connectivity index (χ1) is 16.1. The lowest BCUT2D eigenvalue weighted by Crippen LogP contribution is -2.56. The standard InChI is InChI=1S/C30H39NO3/c1-19(32)24-10-11-25-23-9-8-22-18-30(34,15-12-20-4-6-21(7-5-20)27(31)33)17-16-28(22,2)26(23)13-14-29(24,25)3/h4-7,22-26,34H,8-11,13-14,16-18H2,1-3H3,(H2,31,33)/t22-,23?,24-,25?,26?,28+,29-,30-/m1/s1. The van der Waals surface area contributed by atoms with Crippen LogP contribution in [0.3, 0.4) is 0 Å². The van der Waals surface area contributed by atoms with E-state index in [1.54, 1.807) is 31.2 Å². The molecule has 0 spiro atoms. The number of aliphatic hydroxyl groups is 1. The molecule has 1 amide bonds. The van der Waals surface area contributed by atoms with Crippen LogP contribution in [0.15, 0.2) is 24.3 Å². The highest BCUT2D eigenvalue weighted by Crippen LogP contribution is 2.68. The smallest absolute Gasteiger partial charge is 0.248 e. The molecule has 4 aliphatic rings. The lowest BCUT2D eigenvalue weighted by Gasteiger charge is -2.61. The Morgan fingerprint density at radius 2 is 1.65 bits per heavy atom. The quantitative estimate of drug-likeness (QED) is 0.600. The van der Waals surface area contributed by atoms with Crippen LogP contribution in [0.25, 0.3) is 0 Å². The van der Waals surface area contributed by atoms with Gasteiger partial charge in [0, 0.05) is 17.0 Å². The second kappa shape index (κ2) is 8.23. The number of carbonyl (C=O) groups is 2. The summed E-state index contributed by atoms with van der Waals surface area (Å²) in [6.45, 7) is 6.70. The zero-order valence-electron chi connectivity index (χ0n) is 20.9. The molecule has 8 atom stereocenters. The summed E-state index contributed by atoms with van der Waals surface area (Å²) < 4.78 is 0. The molecule has 3 unspecified atom stereocenters. The van der Waals surface area contributed by atoms with E-state index in [2.05, 4.69) is 25.7 Å². The molecule has 0 saturated heterocycles. The van der Waals surface area contributed by atoms with Gasteiger partial charge in [-0.2, -0.15) is 0 Å². The molecule has 0 aromatic heterocycles. The molecule has 0 heterocycles. The van der Waals surface area contributed by atoms with Crippen LogP contribution >= 0.6 is 0 Å². The van der Waals surface area contributed by atoms with Crippen LogP contribution < -0.4 is 5.73 Å². The fourth-order valence-corrected chi connectivity index (χ4v) is 8.93. The van der Waals surface area contributed by atoms with Gasteiger partial charge >= 0.3 is 0 Å². The van der Waals surface area contributed by atoms with Crippen molar-refractivity contribution in [2.75, 3.05) is 0 Å². The van der Waals surface area contributed by atoms with Gasteiger partial charge in [-0.3, -0.25) is 9.59 Å². The Morgan fingerprint density at radius 1 is 0.941 bits per heavy atom. The van der Waals surface area contributed by atoms with Gasteiger partial charge in [-0.1, -0.05) is 25.7 Å². The molecule has 4 saturated carbocycles. The molecular formula is C30H39NO3. The molecule has 4 aliphatic carbocycles. The minimum Gasteiger partial charge on any atom is -0.378 e. The first-order valence-corrected chi connectivity index (χ1v) is 13.2. The lowest BCUT2D eigenvalue weighted by atomic mass is 9.44. The van der Waals surface area contributed by atoms with E-state index in [1.165, 1.54) is 25.7 Å². The molecule has 0 bridgehead atoms. The Hall–Kier alpha value is -2.12. The van der Waals surface area contributed by atoms with Crippen molar-refractivity contribution in [2.45, 2.75) is 84.2 Å². The normalized spacial score (nSPS) is 43.0. The number of fused-ring (bicyclic) bond motifs is 5. The summed E-state index contributed by atoms with van der Waals surface area (Å²) in [5.74, 6) is 9.16. The Labute approximate surface area is 204 Å². The number of rotatable bonds is 2. The Balaban J connectivity index is 1.32. The largest absolute Gasteiger partial charge is 0.378 e. The average molecular weight is 462 g/mol. The molecule has 0 aliphatic heterocycles. The first kappa shape index (κ1) is 23.6. The van der Waals surface area contributed by atoms with Crippen molar-refractivity contribution in [1.29, 1.82) is 0 Å². The summed E-state index contributed by atoms with van der Waals surface area (Å²) >= 11 is 0. The maximum atomic E-state index is 12.4. The van der Waals surface area contributed by atoms with Gasteiger partial charge in [0.15, 0.2) is 0 Å². The zero-order chi connectivity index (χ0) is 24.3. The fourth-order valence-electron chi connectivity index (χ4n) is 8.93. The van der Waals surface area contributed by atoms with Crippen molar-refractivity contribution < 1.29 is 14.7 Å². The third-order valence-electron chi connectivity index (χ3n) is 10.8. The number of hydrogen-bond acceptors (Lipinski definition) is 3. The van der Waals surface area contributed by atoms with Gasteiger partial charge in [-0.25, -0.2) is 0 Å².